The topological polar surface area (TPSA) is 40.5 Å². The molecule has 0 bridgehead atoms. The minimum absolute atomic E-state index is 0.239. The number of aromatic hydroxyl groups is 1. The molecule has 18 heavy (non-hydrogen) atoms. The normalized spacial score (nSPS) is 18.8. The van der Waals surface area contributed by atoms with Gasteiger partial charge in [0.25, 0.3) is 0 Å². The van der Waals surface area contributed by atoms with Crippen LogP contribution in [0, 0.1) is 0 Å². The molecule has 0 fully saturated rings. The van der Waals surface area contributed by atoms with Crippen molar-refractivity contribution in [3.8, 4) is 5.75 Å². The van der Waals surface area contributed by atoms with Gasteiger partial charge in [-0.05, 0) is 41.7 Å². The van der Waals surface area contributed by atoms with E-state index >= 15 is 0 Å². The maximum atomic E-state index is 10.3. The first kappa shape index (κ1) is 11.3. The third kappa shape index (κ3) is 2.00. The molecule has 1 aliphatic rings. The molecule has 0 heterocycles. The minimum Gasteiger partial charge on any atom is -0.508 e. The van der Waals surface area contributed by atoms with Crippen LogP contribution in [0.5, 0.6) is 5.75 Å². The molecule has 2 aromatic rings. The fourth-order valence-corrected chi connectivity index (χ4v) is 2.71. The van der Waals surface area contributed by atoms with Crippen molar-refractivity contribution in [2.24, 2.45) is 0 Å². The van der Waals surface area contributed by atoms with Crippen molar-refractivity contribution in [1.29, 1.82) is 0 Å². The van der Waals surface area contributed by atoms with E-state index in [-0.39, 0.29) is 17.8 Å². The summed E-state index contributed by atoms with van der Waals surface area (Å²) in [7, 11) is 0. The number of aliphatic hydroxyl groups excluding tert-OH is 1. The molecule has 0 saturated heterocycles. The van der Waals surface area contributed by atoms with Gasteiger partial charge in [0.15, 0.2) is 0 Å². The molecule has 2 aromatic carbocycles. The maximum absolute atomic E-state index is 10.3. The van der Waals surface area contributed by atoms with E-state index in [4.69, 9.17) is 0 Å². The average Bonchev–Trinajstić information content (AvgIpc) is 2.30. The van der Waals surface area contributed by atoms with E-state index in [1.807, 2.05) is 24.3 Å². The smallest absolute Gasteiger partial charge is 0.115 e. The van der Waals surface area contributed by atoms with Gasteiger partial charge in [0.1, 0.15) is 5.75 Å². The Balaban J connectivity index is 1.72. The lowest BCUT2D eigenvalue weighted by Gasteiger charge is -2.34. The lowest BCUT2D eigenvalue weighted by atomic mass is 9.73. The Hall–Kier alpha value is -1.80. The molecular weight excluding hydrogens is 224 g/mol. The van der Waals surface area contributed by atoms with Crippen molar-refractivity contribution in [2.75, 3.05) is 0 Å². The van der Waals surface area contributed by atoms with Crippen molar-refractivity contribution in [3.63, 3.8) is 0 Å². The van der Waals surface area contributed by atoms with Gasteiger partial charge in [0.2, 0.25) is 0 Å². The van der Waals surface area contributed by atoms with Crippen molar-refractivity contribution in [1.82, 2.24) is 0 Å². The molecule has 0 saturated carbocycles. The van der Waals surface area contributed by atoms with Crippen LogP contribution in [0.15, 0.2) is 48.5 Å². The molecule has 0 aliphatic heterocycles. The van der Waals surface area contributed by atoms with Gasteiger partial charge < -0.3 is 10.2 Å². The molecule has 2 N–H and O–H groups in total. The molecule has 0 spiro atoms. The number of benzene rings is 2. The molecule has 1 aliphatic carbocycles. The summed E-state index contributed by atoms with van der Waals surface area (Å²) in [6.45, 7) is 0. The Morgan fingerprint density at radius 2 is 1.94 bits per heavy atom. The van der Waals surface area contributed by atoms with Crippen LogP contribution < -0.4 is 0 Å². The first-order valence-electron chi connectivity index (χ1n) is 6.28. The number of hydrogen-bond acceptors (Lipinski definition) is 2. The molecule has 0 aromatic heterocycles. The first-order chi connectivity index (χ1) is 8.74. The van der Waals surface area contributed by atoms with Crippen LogP contribution in [0.1, 0.15) is 22.6 Å². The number of hydrogen-bond donors (Lipinski definition) is 2. The second-order valence-corrected chi connectivity index (χ2v) is 4.95. The first-order valence-corrected chi connectivity index (χ1v) is 6.28. The van der Waals surface area contributed by atoms with E-state index in [0.29, 0.717) is 6.42 Å². The van der Waals surface area contributed by atoms with E-state index < -0.39 is 0 Å². The zero-order chi connectivity index (χ0) is 12.5. The standard InChI is InChI=1S/C16H16O2/c17-13-6-3-4-11(8-13)9-16(18)15-10-12-5-1-2-7-14(12)15/h1-8,15-18H,9-10H2. The van der Waals surface area contributed by atoms with Gasteiger partial charge in [-0.25, -0.2) is 0 Å². The van der Waals surface area contributed by atoms with Crippen molar-refractivity contribution >= 4 is 0 Å². The summed E-state index contributed by atoms with van der Waals surface area (Å²) in [6, 6.07) is 15.4. The molecule has 2 heteroatoms. The second kappa shape index (κ2) is 4.46. The number of rotatable bonds is 3. The zero-order valence-electron chi connectivity index (χ0n) is 10.1. The van der Waals surface area contributed by atoms with Crippen LogP contribution in [0.2, 0.25) is 0 Å². The molecular formula is C16H16O2. The van der Waals surface area contributed by atoms with Gasteiger partial charge in [0.05, 0.1) is 6.10 Å². The largest absolute Gasteiger partial charge is 0.508 e. The quantitative estimate of drug-likeness (QED) is 0.865. The van der Waals surface area contributed by atoms with Crippen LogP contribution in [-0.2, 0) is 12.8 Å². The second-order valence-electron chi connectivity index (χ2n) is 4.95. The maximum Gasteiger partial charge on any atom is 0.115 e. The van der Waals surface area contributed by atoms with Gasteiger partial charge in [-0.15, -0.1) is 0 Å². The lowest BCUT2D eigenvalue weighted by molar-refractivity contribution is 0.133. The highest BCUT2D eigenvalue weighted by atomic mass is 16.3. The van der Waals surface area contributed by atoms with Crippen LogP contribution in [0.4, 0.5) is 0 Å². The predicted molar refractivity (Wildman–Crippen MR) is 70.7 cm³/mol. The summed E-state index contributed by atoms with van der Waals surface area (Å²) in [5.41, 5.74) is 3.59. The van der Waals surface area contributed by atoms with Gasteiger partial charge >= 0.3 is 0 Å². The summed E-state index contributed by atoms with van der Waals surface area (Å²) in [5, 5.41) is 19.7. The van der Waals surface area contributed by atoms with Gasteiger partial charge in [-0.3, -0.25) is 0 Å². The molecule has 2 atom stereocenters. The van der Waals surface area contributed by atoms with Crippen LogP contribution in [-0.4, -0.2) is 16.3 Å². The lowest BCUT2D eigenvalue weighted by Crippen LogP contribution is -2.30. The molecule has 92 valence electrons. The Morgan fingerprint density at radius 3 is 2.72 bits per heavy atom. The monoisotopic (exact) mass is 240 g/mol. The highest BCUT2D eigenvalue weighted by molar-refractivity contribution is 5.41. The minimum atomic E-state index is -0.373. The molecule has 3 rings (SSSR count). The number of aliphatic hydroxyl groups is 1. The number of phenolic OH excluding ortho intramolecular Hbond substituents is 1. The highest BCUT2D eigenvalue weighted by Crippen LogP contribution is 2.38. The Bertz CT molecular complexity index is 563. The Morgan fingerprint density at radius 1 is 1.11 bits per heavy atom. The fraction of sp³-hybridized carbons (Fsp3) is 0.250. The van der Waals surface area contributed by atoms with Crippen LogP contribution in [0.3, 0.4) is 0 Å². The zero-order valence-corrected chi connectivity index (χ0v) is 10.1. The van der Waals surface area contributed by atoms with E-state index in [1.54, 1.807) is 12.1 Å². The van der Waals surface area contributed by atoms with E-state index in [0.717, 1.165) is 12.0 Å². The SMILES string of the molecule is Oc1cccc(CC(O)C2Cc3ccccc32)c1. The van der Waals surface area contributed by atoms with E-state index in [2.05, 4.69) is 12.1 Å². The van der Waals surface area contributed by atoms with Gasteiger partial charge in [0, 0.05) is 5.92 Å². The van der Waals surface area contributed by atoms with Crippen molar-refractivity contribution in [3.05, 3.63) is 65.2 Å². The van der Waals surface area contributed by atoms with E-state index in [1.165, 1.54) is 11.1 Å². The van der Waals surface area contributed by atoms with Crippen LogP contribution in [0.25, 0.3) is 0 Å². The third-order valence-electron chi connectivity index (χ3n) is 3.71. The summed E-state index contributed by atoms with van der Waals surface area (Å²) < 4.78 is 0. The summed E-state index contributed by atoms with van der Waals surface area (Å²) in [4.78, 5) is 0. The molecule has 0 radical (unpaired) electrons. The fourth-order valence-electron chi connectivity index (χ4n) is 2.71. The summed E-state index contributed by atoms with van der Waals surface area (Å²) in [6.07, 6.45) is 1.17. The van der Waals surface area contributed by atoms with Gasteiger partial charge in [-0.1, -0.05) is 36.4 Å². The summed E-state index contributed by atoms with van der Waals surface area (Å²) in [5.74, 6) is 0.497. The van der Waals surface area contributed by atoms with Crippen LogP contribution >= 0.6 is 0 Å². The Labute approximate surface area is 107 Å². The predicted octanol–water partition coefficient (Wildman–Crippen LogP) is 2.64. The highest BCUT2D eigenvalue weighted by Gasteiger charge is 2.31. The Kier molecular flexibility index (Phi) is 2.80. The van der Waals surface area contributed by atoms with Gasteiger partial charge in [-0.2, -0.15) is 0 Å². The molecule has 0 amide bonds. The average molecular weight is 240 g/mol. The number of fused-ring (bicyclic) bond motifs is 1. The molecule has 2 nitrogen and oxygen atoms in total. The van der Waals surface area contributed by atoms with Crippen molar-refractivity contribution < 1.29 is 10.2 Å². The molecule has 2 unspecified atom stereocenters. The van der Waals surface area contributed by atoms with Crippen molar-refractivity contribution in [2.45, 2.75) is 24.9 Å². The summed E-state index contributed by atoms with van der Waals surface area (Å²) >= 11 is 0. The number of phenols is 1. The third-order valence-corrected chi connectivity index (χ3v) is 3.71. The van der Waals surface area contributed by atoms with E-state index in [9.17, 15) is 10.2 Å².